The van der Waals surface area contributed by atoms with E-state index in [9.17, 15) is 19.7 Å². The molecule has 0 saturated carbocycles. The van der Waals surface area contributed by atoms with Crippen molar-refractivity contribution in [1.29, 1.82) is 0 Å². The first-order chi connectivity index (χ1) is 12.8. The van der Waals surface area contributed by atoms with E-state index in [1.807, 2.05) is 13.8 Å². The first-order valence-corrected chi connectivity index (χ1v) is 8.27. The van der Waals surface area contributed by atoms with Gasteiger partial charge in [-0.1, -0.05) is 0 Å². The van der Waals surface area contributed by atoms with Crippen LogP contribution in [-0.2, 0) is 14.3 Å². The van der Waals surface area contributed by atoms with E-state index >= 15 is 0 Å². The Labute approximate surface area is 156 Å². The van der Waals surface area contributed by atoms with Crippen LogP contribution in [0.2, 0.25) is 0 Å². The van der Waals surface area contributed by atoms with E-state index in [2.05, 4.69) is 0 Å². The van der Waals surface area contributed by atoms with Gasteiger partial charge in [0.05, 0.1) is 37.4 Å². The quantitative estimate of drug-likeness (QED) is 0.412. The highest BCUT2D eigenvalue weighted by molar-refractivity contribution is 5.96. The van der Waals surface area contributed by atoms with Crippen LogP contribution < -0.4 is 9.47 Å². The lowest BCUT2D eigenvalue weighted by Crippen LogP contribution is -2.49. The van der Waals surface area contributed by atoms with Crippen LogP contribution in [-0.4, -0.2) is 67.8 Å². The summed E-state index contributed by atoms with van der Waals surface area (Å²) in [5.41, 5.74) is -0.826. The molecule has 0 bridgehead atoms. The molecule has 1 aromatic carbocycles. The lowest BCUT2D eigenvalue weighted by atomic mass is 10.1. The molecule has 27 heavy (non-hydrogen) atoms. The Hall–Kier alpha value is -2.88. The summed E-state index contributed by atoms with van der Waals surface area (Å²) in [7, 11) is 2.66. The number of carbonyl (C=O) groups is 2. The fourth-order valence-electron chi connectivity index (χ4n) is 2.86. The van der Waals surface area contributed by atoms with Crippen LogP contribution in [0.4, 0.5) is 5.69 Å². The predicted molar refractivity (Wildman–Crippen MR) is 93.1 cm³/mol. The third-order valence-electron chi connectivity index (χ3n) is 4.02. The fraction of sp³-hybridized carbons (Fsp3) is 0.529. The molecule has 1 aliphatic rings. The predicted octanol–water partition coefficient (Wildman–Crippen LogP) is 1.40. The number of hydrogen-bond donors (Lipinski definition) is 0. The molecule has 1 aromatic rings. The van der Waals surface area contributed by atoms with Gasteiger partial charge in [-0.3, -0.25) is 14.9 Å². The van der Waals surface area contributed by atoms with Crippen LogP contribution in [0.15, 0.2) is 12.1 Å². The minimum absolute atomic E-state index is 0.105. The van der Waals surface area contributed by atoms with Crippen LogP contribution in [0.5, 0.6) is 11.5 Å². The van der Waals surface area contributed by atoms with Gasteiger partial charge in [0.15, 0.2) is 18.1 Å². The van der Waals surface area contributed by atoms with Gasteiger partial charge in [0.25, 0.3) is 11.6 Å². The van der Waals surface area contributed by atoms with Crippen molar-refractivity contribution in [3.8, 4) is 11.5 Å². The molecule has 0 aliphatic carbocycles. The highest BCUT2D eigenvalue weighted by Crippen LogP contribution is 2.34. The SMILES string of the molecule is COc1cc(C(=O)OCC(=O)N2CC(C)OC(C)C2)c([N+](=O)[O-])cc1OC. The molecule has 1 saturated heterocycles. The fourth-order valence-corrected chi connectivity index (χ4v) is 2.86. The second-order valence-corrected chi connectivity index (χ2v) is 6.11. The number of nitro groups is 1. The molecule has 0 aromatic heterocycles. The Bertz CT molecular complexity index is 726. The third-order valence-corrected chi connectivity index (χ3v) is 4.02. The van der Waals surface area contributed by atoms with Crippen LogP contribution in [0, 0.1) is 10.1 Å². The maximum Gasteiger partial charge on any atom is 0.345 e. The molecular weight excluding hydrogens is 360 g/mol. The number of hydrogen-bond acceptors (Lipinski definition) is 8. The molecule has 1 fully saturated rings. The van der Waals surface area contributed by atoms with E-state index in [4.69, 9.17) is 18.9 Å². The average molecular weight is 382 g/mol. The Kier molecular flexibility index (Phi) is 6.56. The zero-order valence-electron chi connectivity index (χ0n) is 15.6. The van der Waals surface area contributed by atoms with Crippen LogP contribution >= 0.6 is 0 Å². The zero-order chi connectivity index (χ0) is 20.1. The molecule has 0 radical (unpaired) electrons. The van der Waals surface area contributed by atoms with Crippen molar-refractivity contribution in [2.75, 3.05) is 33.9 Å². The topological polar surface area (TPSA) is 117 Å². The highest BCUT2D eigenvalue weighted by atomic mass is 16.6. The molecule has 2 rings (SSSR count). The number of methoxy groups -OCH3 is 2. The molecule has 1 aliphatic heterocycles. The lowest BCUT2D eigenvalue weighted by molar-refractivity contribution is -0.385. The van der Waals surface area contributed by atoms with E-state index in [-0.39, 0.29) is 29.3 Å². The van der Waals surface area contributed by atoms with Crippen molar-refractivity contribution in [3.05, 3.63) is 27.8 Å². The number of nitrogens with zero attached hydrogens (tertiary/aromatic N) is 2. The minimum Gasteiger partial charge on any atom is -0.493 e. The van der Waals surface area contributed by atoms with Gasteiger partial charge in [0.2, 0.25) is 0 Å². The van der Waals surface area contributed by atoms with Crippen molar-refractivity contribution in [2.45, 2.75) is 26.1 Å². The number of morpholine rings is 1. The summed E-state index contributed by atoms with van der Waals surface area (Å²) in [6.45, 7) is 3.93. The standard InChI is InChI=1S/C17H22N2O8/c1-10-7-18(8-11(2)27-10)16(20)9-26-17(21)12-5-14(24-3)15(25-4)6-13(12)19(22)23/h5-6,10-11H,7-9H2,1-4H3. The molecule has 10 heteroatoms. The van der Waals surface area contributed by atoms with E-state index in [0.717, 1.165) is 12.1 Å². The molecular formula is C17H22N2O8. The van der Waals surface area contributed by atoms with Crippen LogP contribution in [0.3, 0.4) is 0 Å². The average Bonchev–Trinajstić information content (AvgIpc) is 2.63. The summed E-state index contributed by atoms with van der Waals surface area (Å²) in [6.07, 6.45) is -0.249. The molecule has 1 heterocycles. The number of esters is 1. The van der Waals surface area contributed by atoms with Gasteiger partial charge in [-0.15, -0.1) is 0 Å². The van der Waals surface area contributed by atoms with E-state index in [0.29, 0.717) is 13.1 Å². The van der Waals surface area contributed by atoms with Gasteiger partial charge in [0.1, 0.15) is 5.56 Å². The zero-order valence-corrected chi connectivity index (χ0v) is 15.6. The van der Waals surface area contributed by atoms with Crippen molar-refractivity contribution in [2.24, 2.45) is 0 Å². The molecule has 2 unspecified atom stereocenters. The third kappa shape index (κ3) is 4.85. The lowest BCUT2D eigenvalue weighted by Gasteiger charge is -2.35. The Balaban J connectivity index is 2.13. The Morgan fingerprint density at radius 3 is 2.26 bits per heavy atom. The first kappa shape index (κ1) is 20.4. The van der Waals surface area contributed by atoms with Gasteiger partial charge in [-0.2, -0.15) is 0 Å². The number of amides is 1. The maximum atomic E-state index is 12.3. The molecule has 10 nitrogen and oxygen atoms in total. The Morgan fingerprint density at radius 1 is 1.19 bits per heavy atom. The van der Waals surface area contributed by atoms with Gasteiger partial charge in [-0.05, 0) is 13.8 Å². The molecule has 2 atom stereocenters. The summed E-state index contributed by atoms with van der Waals surface area (Å²) in [4.78, 5) is 36.7. The smallest absolute Gasteiger partial charge is 0.345 e. The summed E-state index contributed by atoms with van der Waals surface area (Å²) in [6, 6.07) is 2.23. The van der Waals surface area contributed by atoms with Crippen molar-refractivity contribution >= 4 is 17.6 Å². The molecule has 1 amide bonds. The number of carbonyl (C=O) groups excluding carboxylic acids is 2. The summed E-state index contributed by atoms with van der Waals surface area (Å²) in [5.74, 6) is -1.15. The molecule has 0 spiro atoms. The van der Waals surface area contributed by atoms with Gasteiger partial charge >= 0.3 is 5.97 Å². The Morgan fingerprint density at radius 2 is 1.74 bits per heavy atom. The number of rotatable bonds is 6. The van der Waals surface area contributed by atoms with Crippen LogP contribution in [0.1, 0.15) is 24.2 Å². The van der Waals surface area contributed by atoms with E-state index < -0.39 is 29.1 Å². The summed E-state index contributed by atoms with van der Waals surface area (Å²) < 4.78 is 20.6. The van der Waals surface area contributed by atoms with Gasteiger partial charge < -0.3 is 23.8 Å². The van der Waals surface area contributed by atoms with Crippen LogP contribution in [0.25, 0.3) is 0 Å². The second-order valence-electron chi connectivity index (χ2n) is 6.11. The van der Waals surface area contributed by atoms with E-state index in [1.54, 1.807) is 0 Å². The van der Waals surface area contributed by atoms with Gasteiger partial charge in [-0.25, -0.2) is 4.79 Å². The minimum atomic E-state index is -0.995. The number of benzene rings is 1. The normalized spacial score (nSPS) is 19.3. The number of ether oxygens (including phenoxy) is 4. The number of nitro benzene ring substituents is 1. The highest BCUT2D eigenvalue weighted by Gasteiger charge is 2.29. The van der Waals surface area contributed by atoms with Crippen molar-refractivity contribution in [1.82, 2.24) is 4.90 Å². The molecule has 0 N–H and O–H groups in total. The summed E-state index contributed by atoms with van der Waals surface area (Å²) in [5, 5.41) is 11.3. The monoisotopic (exact) mass is 382 g/mol. The maximum absolute atomic E-state index is 12.3. The van der Waals surface area contributed by atoms with Crippen molar-refractivity contribution < 1.29 is 33.5 Å². The van der Waals surface area contributed by atoms with Crippen molar-refractivity contribution in [3.63, 3.8) is 0 Å². The summed E-state index contributed by atoms with van der Waals surface area (Å²) >= 11 is 0. The largest absolute Gasteiger partial charge is 0.493 e. The van der Waals surface area contributed by atoms with Gasteiger partial charge in [0, 0.05) is 19.2 Å². The first-order valence-electron chi connectivity index (χ1n) is 8.27. The second kappa shape index (κ2) is 8.67. The molecule has 148 valence electrons. The van der Waals surface area contributed by atoms with E-state index in [1.165, 1.54) is 19.1 Å².